The molecule has 1 atom stereocenters. The van der Waals surface area contributed by atoms with Crippen molar-refractivity contribution in [3.05, 3.63) is 65.6 Å². The van der Waals surface area contributed by atoms with Crippen LogP contribution in [0.15, 0.2) is 54.4 Å². The largest absolute Gasteiger partial charge is 0.497 e. The van der Waals surface area contributed by atoms with Crippen molar-refractivity contribution in [2.24, 2.45) is 7.05 Å². The highest BCUT2D eigenvalue weighted by atomic mass is 35.5. The van der Waals surface area contributed by atoms with Gasteiger partial charge in [0, 0.05) is 36.6 Å². The van der Waals surface area contributed by atoms with E-state index in [1.54, 1.807) is 42.3 Å². The Bertz CT molecular complexity index is 1030. The number of aromatic nitrogens is 2. The van der Waals surface area contributed by atoms with E-state index in [-0.39, 0.29) is 31.1 Å². The average molecular weight is 475 g/mol. The molecule has 0 spiro atoms. The quantitative estimate of drug-likeness (QED) is 0.405. The lowest BCUT2D eigenvalue weighted by Crippen LogP contribution is -2.31. The van der Waals surface area contributed by atoms with Gasteiger partial charge in [-0.2, -0.15) is 5.10 Å². The molecule has 0 saturated carbocycles. The number of alkyl halides is 1. The molecular weight excluding hydrogens is 448 g/mol. The number of halogens is 1. The molecule has 176 valence electrons. The van der Waals surface area contributed by atoms with E-state index in [2.05, 4.69) is 15.7 Å². The van der Waals surface area contributed by atoms with Gasteiger partial charge < -0.3 is 24.8 Å². The maximum Gasteiger partial charge on any atom is 0.407 e. The number of nitrogens with zero attached hydrogens (tertiary/aromatic N) is 2. The molecule has 2 aromatic rings. The second-order valence-electron chi connectivity index (χ2n) is 7.13. The summed E-state index contributed by atoms with van der Waals surface area (Å²) in [6, 6.07) is 8.84. The summed E-state index contributed by atoms with van der Waals surface area (Å²) in [5.74, 6) is 0.619. The van der Waals surface area contributed by atoms with E-state index in [0.717, 1.165) is 11.3 Å². The summed E-state index contributed by atoms with van der Waals surface area (Å²) in [5.41, 5.74) is 2.91. The van der Waals surface area contributed by atoms with Gasteiger partial charge in [0.15, 0.2) is 0 Å². The number of benzene rings is 1. The van der Waals surface area contributed by atoms with Crippen LogP contribution in [0.25, 0.3) is 5.57 Å². The number of alkyl carbamates (subject to hydrolysis) is 1. The third-order valence-electron chi connectivity index (χ3n) is 4.92. The molecule has 0 radical (unpaired) electrons. The van der Waals surface area contributed by atoms with Gasteiger partial charge in [-0.1, -0.05) is 12.1 Å². The van der Waals surface area contributed by atoms with Gasteiger partial charge in [0.1, 0.15) is 12.4 Å². The van der Waals surface area contributed by atoms with Gasteiger partial charge in [0.2, 0.25) is 0 Å². The topological polar surface area (TPSA) is 104 Å². The smallest absolute Gasteiger partial charge is 0.407 e. The summed E-state index contributed by atoms with van der Waals surface area (Å²) in [6.45, 7) is 0.730. The minimum absolute atomic E-state index is 0.152. The number of hydrogen-bond acceptors (Lipinski definition) is 6. The molecule has 0 fully saturated rings. The van der Waals surface area contributed by atoms with Crippen molar-refractivity contribution in [1.29, 1.82) is 0 Å². The Morgan fingerprint density at radius 2 is 2.12 bits per heavy atom. The van der Waals surface area contributed by atoms with Crippen molar-refractivity contribution in [3.8, 4) is 5.75 Å². The first kappa shape index (κ1) is 24.3. The monoisotopic (exact) mass is 474 g/mol. The zero-order valence-electron chi connectivity index (χ0n) is 18.5. The SMILES string of the molecule is COc1cccc(C(=O)NC2=CCC(OCCNC(=O)OCCCl)C(c3ccnn3C)=C2)c1. The van der Waals surface area contributed by atoms with Crippen LogP contribution in [0, 0.1) is 0 Å². The first-order chi connectivity index (χ1) is 16.0. The molecule has 9 nitrogen and oxygen atoms in total. The summed E-state index contributed by atoms with van der Waals surface area (Å²) in [5, 5.41) is 9.80. The van der Waals surface area contributed by atoms with Crippen LogP contribution in [0.4, 0.5) is 4.79 Å². The van der Waals surface area contributed by atoms with Crippen LogP contribution in [-0.2, 0) is 16.5 Å². The molecule has 1 aromatic carbocycles. The van der Waals surface area contributed by atoms with Gasteiger partial charge in [0.05, 0.1) is 31.4 Å². The van der Waals surface area contributed by atoms with E-state index in [0.29, 0.717) is 30.0 Å². The average Bonchev–Trinajstić information content (AvgIpc) is 3.26. The van der Waals surface area contributed by atoms with Crippen LogP contribution in [0.1, 0.15) is 22.5 Å². The number of hydrogen-bond donors (Lipinski definition) is 2. The van der Waals surface area contributed by atoms with Crippen LogP contribution >= 0.6 is 11.6 Å². The van der Waals surface area contributed by atoms with Crippen molar-refractivity contribution in [3.63, 3.8) is 0 Å². The molecule has 1 aliphatic rings. The van der Waals surface area contributed by atoms with Crippen LogP contribution in [0.2, 0.25) is 0 Å². The fourth-order valence-electron chi connectivity index (χ4n) is 3.33. The first-order valence-electron chi connectivity index (χ1n) is 10.5. The highest BCUT2D eigenvalue weighted by Gasteiger charge is 2.23. The van der Waals surface area contributed by atoms with Gasteiger partial charge >= 0.3 is 6.09 Å². The number of methoxy groups -OCH3 is 1. The molecule has 3 rings (SSSR count). The number of carbonyl (C=O) groups excluding carboxylic acids is 2. The van der Waals surface area contributed by atoms with Crippen LogP contribution < -0.4 is 15.4 Å². The Balaban J connectivity index is 1.66. The molecule has 0 aliphatic heterocycles. The van der Waals surface area contributed by atoms with Gasteiger partial charge in [-0.3, -0.25) is 9.48 Å². The molecular formula is C23H27ClN4O5. The van der Waals surface area contributed by atoms with Crippen molar-refractivity contribution in [2.75, 3.05) is 32.7 Å². The maximum absolute atomic E-state index is 12.7. The van der Waals surface area contributed by atoms with Crippen molar-refractivity contribution >= 4 is 29.2 Å². The Kier molecular flexibility index (Phi) is 8.91. The Hall–Kier alpha value is -3.30. The van der Waals surface area contributed by atoms with Crippen LogP contribution in [-0.4, -0.2) is 60.6 Å². The number of carbonyl (C=O) groups is 2. The fraction of sp³-hybridized carbons (Fsp3) is 0.348. The summed E-state index contributed by atoms with van der Waals surface area (Å²) >= 11 is 5.50. The second-order valence-corrected chi connectivity index (χ2v) is 7.51. The van der Waals surface area contributed by atoms with E-state index in [1.807, 2.05) is 25.3 Å². The molecule has 2 amide bonds. The maximum atomic E-state index is 12.7. The highest BCUT2D eigenvalue weighted by molar-refractivity contribution is 6.18. The lowest BCUT2D eigenvalue weighted by Gasteiger charge is -2.25. The van der Waals surface area contributed by atoms with Gasteiger partial charge in [0.25, 0.3) is 5.91 Å². The third kappa shape index (κ3) is 6.84. The molecule has 1 unspecified atom stereocenters. The van der Waals surface area contributed by atoms with Crippen LogP contribution in [0.3, 0.4) is 0 Å². The van der Waals surface area contributed by atoms with Gasteiger partial charge in [-0.05, 0) is 36.8 Å². The number of nitrogens with one attached hydrogen (secondary N) is 2. The first-order valence-corrected chi connectivity index (χ1v) is 11.0. The summed E-state index contributed by atoms with van der Waals surface area (Å²) < 4.78 is 17.8. The lowest BCUT2D eigenvalue weighted by molar-refractivity contribution is 0.0902. The molecule has 2 N–H and O–H groups in total. The normalized spacial score (nSPS) is 15.3. The van der Waals surface area contributed by atoms with E-state index in [4.69, 9.17) is 25.8 Å². The van der Waals surface area contributed by atoms with E-state index < -0.39 is 6.09 Å². The summed E-state index contributed by atoms with van der Waals surface area (Å²) in [6.07, 6.45) is 5.23. The number of rotatable bonds is 10. The highest BCUT2D eigenvalue weighted by Crippen LogP contribution is 2.28. The van der Waals surface area contributed by atoms with E-state index in [1.165, 1.54) is 0 Å². The standard InChI is InChI=1S/C23H27ClN4O5/c1-28-20(8-10-26-28)19-15-17(27-22(29)16-4-3-5-18(14-16)31-2)6-7-21(19)32-13-11-25-23(30)33-12-9-24/h3-6,8,10,14-15,21H,7,9,11-13H2,1-2H3,(H,25,30)(H,27,29). The predicted octanol–water partition coefficient (Wildman–Crippen LogP) is 2.88. The van der Waals surface area contributed by atoms with Crippen molar-refractivity contribution in [2.45, 2.75) is 12.5 Å². The minimum atomic E-state index is -0.535. The fourth-order valence-corrected chi connectivity index (χ4v) is 3.40. The third-order valence-corrected chi connectivity index (χ3v) is 5.07. The van der Waals surface area contributed by atoms with Crippen LogP contribution in [0.5, 0.6) is 5.75 Å². The van der Waals surface area contributed by atoms with Gasteiger partial charge in [-0.15, -0.1) is 11.6 Å². The zero-order valence-corrected chi connectivity index (χ0v) is 19.3. The van der Waals surface area contributed by atoms with Gasteiger partial charge in [-0.25, -0.2) is 4.79 Å². The lowest BCUT2D eigenvalue weighted by atomic mass is 9.96. The number of allylic oxidation sites excluding steroid dienone is 1. The number of ether oxygens (including phenoxy) is 3. The molecule has 1 heterocycles. The number of aryl methyl sites for hydroxylation is 1. The Morgan fingerprint density at radius 3 is 2.85 bits per heavy atom. The number of amides is 2. The Morgan fingerprint density at radius 1 is 1.27 bits per heavy atom. The molecule has 33 heavy (non-hydrogen) atoms. The second kappa shape index (κ2) is 12.1. The molecule has 10 heteroatoms. The molecule has 1 aliphatic carbocycles. The minimum Gasteiger partial charge on any atom is -0.497 e. The predicted molar refractivity (Wildman–Crippen MR) is 124 cm³/mol. The van der Waals surface area contributed by atoms with Crippen molar-refractivity contribution in [1.82, 2.24) is 20.4 Å². The molecule has 0 saturated heterocycles. The van der Waals surface area contributed by atoms with E-state index >= 15 is 0 Å². The van der Waals surface area contributed by atoms with E-state index in [9.17, 15) is 9.59 Å². The summed E-state index contributed by atoms with van der Waals surface area (Å²) in [4.78, 5) is 24.3. The summed E-state index contributed by atoms with van der Waals surface area (Å²) in [7, 11) is 3.40. The zero-order chi connectivity index (χ0) is 23.6. The molecule has 0 bridgehead atoms. The van der Waals surface area contributed by atoms with Crippen molar-refractivity contribution < 1.29 is 23.8 Å². The Labute approximate surface area is 197 Å². The molecule has 1 aromatic heterocycles.